The van der Waals surface area contributed by atoms with Crippen LogP contribution in [0.3, 0.4) is 0 Å². The maximum Gasteiger partial charge on any atom is 0.255 e. The summed E-state index contributed by atoms with van der Waals surface area (Å²) < 4.78 is 11.0. The first-order valence-corrected chi connectivity index (χ1v) is 10.8. The Bertz CT molecular complexity index is 837. The molecule has 30 heavy (non-hydrogen) atoms. The number of piperidine rings is 1. The minimum absolute atomic E-state index is 0.0364. The molecule has 0 N–H and O–H groups in total. The van der Waals surface area contributed by atoms with E-state index in [4.69, 9.17) is 9.47 Å². The number of rotatable bonds is 8. The van der Waals surface area contributed by atoms with E-state index in [1.165, 1.54) is 11.1 Å². The van der Waals surface area contributed by atoms with E-state index in [1.54, 1.807) is 19.5 Å². The second-order valence-electron chi connectivity index (χ2n) is 8.25. The molecular weight excluding hydrogens is 378 g/mol. The van der Waals surface area contributed by atoms with Crippen molar-refractivity contribution in [3.05, 3.63) is 65.5 Å². The molecule has 2 aromatic rings. The lowest BCUT2D eigenvalue weighted by molar-refractivity contribution is -0.184. The van der Waals surface area contributed by atoms with Crippen molar-refractivity contribution in [2.75, 3.05) is 33.4 Å². The lowest BCUT2D eigenvalue weighted by Crippen LogP contribution is -2.64. The third-order valence-electron chi connectivity index (χ3n) is 6.16. The topological polar surface area (TPSA) is 54.9 Å². The zero-order chi connectivity index (χ0) is 20.9. The Morgan fingerprint density at radius 3 is 2.57 bits per heavy atom. The summed E-state index contributed by atoms with van der Waals surface area (Å²) >= 11 is 0. The lowest BCUT2D eigenvalue weighted by atomic mass is 9.86. The van der Waals surface area contributed by atoms with E-state index in [2.05, 4.69) is 46.0 Å². The first-order chi connectivity index (χ1) is 14.7. The Labute approximate surface area is 178 Å². The van der Waals surface area contributed by atoms with Gasteiger partial charge >= 0.3 is 0 Å². The smallest absolute Gasteiger partial charge is 0.255 e. The summed E-state index contributed by atoms with van der Waals surface area (Å²) in [6, 6.07) is 12.9. The summed E-state index contributed by atoms with van der Waals surface area (Å²) in [5, 5.41) is 0. The highest BCUT2D eigenvalue weighted by molar-refractivity contribution is 5.89. The molecule has 1 aromatic carbocycles. The third kappa shape index (κ3) is 4.56. The Kier molecular flexibility index (Phi) is 6.77. The van der Waals surface area contributed by atoms with E-state index in [9.17, 15) is 4.79 Å². The molecule has 3 heterocycles. The number of hydrogen-bond acceptors (Lipinski definition) is 5. The quantitative estimate of drug-likeness (QED) is 0.496. The predicted octanol–water partition coefficient (Wildman–Crippen LogP) is 2.97. The van der Waals surface area contributed by atoms with Gasteiger partial charge < -0.3 is 14.4 Å². The van der Waals surface area contributed by atoms with Crippen LogP contribution < -0.4 is 0 Å². The SMILES string of the molecule is COCCOC1C(=O)N(C2CCN(Cc3cccc(C)c3)CC2)C1c1ccncc1. The van der Waals surface area contributed by atoms with Gasteiger partial charge in [0.25, 0.3) is 5.91 Å². The minimum Gasteiger partial charge on any atom is -0.382 e. The second kappa shape index (κ2) is 9.69. The summed E-state index contributed by atoms with van der Waals surface area (Å²) in [5.41, 5.74) is 3.75. The number of aryl methyl sites for hydroxylation is 1. The average molecular weight is 410 g/mol. The highest BCUT2D eigenvalue weighted by atomic mass is 16.5. The van der Waals surface area contributed by atoms with Gasteiger partial charge in [-0.25, -0.2) is 0 Å². The van der Waals surface area contributed by atoms with Gasteiger partial charge in [-0.2, -0.15) is 0 Å². The number of carbonyl (C=O) groups is 1. The van der Waals surface area contributed by atoms with Gasteiger partial charge in [0, 0.05) is 45.2 Å². The highest BCUT2D eigenvalue weighted by Crippen LogP contribution is 2.40. The van der Waals surface area contributed by atoms with Crippen LogP contribution in [-0.4, -0.2) is 66.2 Å². The van der Waals surface area contributed by atoms with E-state index in [0.29, 0.717) is 13.2 Å². The number of benzene rings is 1. The van der Waals surface area contributed by atoms with E-state index in [-0.39, 0.29) is 18.0 Å². The molecule has 160 valence electrons. The molecule has 2 aliphatic heterocycles. The van der Waals surface area contributed by atoms with Crippen LogP contribution in [0.5, 0.6) is 0 Å². The van der Waals surface area contributed by atoms with Crippen LogP contribution in [-0.2, 0) is 20.8 Å². The maximum absolute atomic E-state index is 13.0. The van der Waals surface area contributed by atoms with Crippen molar-refractivity contribution in [1.82, 2.24) is 14.8 Å². The molecule has 2 unspecified atom stereocenters. The molecule has 2 atom stereocenters. The summed E-state index contributed by atoms with van der Waals surface area (Å²) in [6.07, 6.45) is 5.13. The standard InChI is InChI=1S/C24H31N3O3/c1-18-4-3-5-19(16-18)17-26-12-8-21(9-13-26)27-22(20-6-10-25-11-7-20)23(24(27)28)30-15-14-29-2/h3-7,10-11,16,21-23H,8-9,12-15,17H2,1-2H3. The van der Waals surface area contributed by atoms with Gasteiger partial charge in [-0.05, 0) is 43.0 Å². The fourth-order valence-corrected chi connectivity index (χ4v) is 4.63. The van der Waals surface area contributed by atoms with Gasteiger partial charge in [-0.1, -0.05) is 29.8 Å². The Morgan fingerprint density at radius 2 is 1.87 bits per heavy atom. The number of likely N-dealkylation sites (tertiary alicyclic amines) is 2. The summed E-state index contributed by atoms with van der Waals surface area (Å²) in [7, 11) is 1.64. The molecular formula is C24H31N3O3. The first-order valence-electron chi connectivity index (χ1n) is 10.8. The summed E-state index contributed by atoms with van der Waals surface area (Å²) in [6.45, 7) is 6.03. The van der Waals surface area contributed by atoms with Crippen LogP contribution in [0.25, 0.3) is 0 Å². The predicted molar refractivity (Wildman–Crippen MR) is 115 cm³/mol. The van der Waals surface area contributed by atoms with Crippen molar-refractivity contribution in [2.24, 2.45) is 0 Å². The molecule has 0 bridgehead atoms. The number of carbonyl (C=O) groups excluding carboxylic acids is 1. The van der Waals surface area contributed by atoms with Crippen LogP contribution >= 0.6 is 0 Å². The van der Waals surface area contributed by atoms with Crippen molar-refractivity contribution in [2.45, 2.75) is 44.5 Å². The molecule has 0 saturated carbocycles. The molecule has 6 heteroatoms. The number of methoxy groups -OCH3 is 1. The molecule has 0 spiro atoms. The number of pyridine rings is 1. The maximum atomic E-state index is 13.0. The molecule has 1 amide bonds. The van der Waals surface area contributed by atoms with E-state index in [1.807, 2.05) is 12.1 Å². The zero-order valence-corrected chi connectivity index (χ0v) is 17.9. The highest BCUT2D eigenvalue weighted by Gasteiger charge is 2.52. The van der Waals surface area contributed by atoms with Gasteiger partial charge in [0.2, 0.25) is 0 Å². The number of aromatic nitrogens is 1. The number of amides is 1. The normalized spacial score (nSPS) is 22.9. The fraction of sp³-hybridized carbons (Fsp3) is 0.500. The molecule has 4 rings (SSSR count). The van der Waals surface area contributed by atoms with Crippen LogP contribution in [0.15, 0.2) is 48.8 Å². The third-order valence-corrected chi connectivity index (χ3v) is 6.16. The van der Waals surface area contributed by atoms with Gasteiger partial charge in [0.1, 0.15) is 0 Å². The van der Waals surface area contributed by atoms with Crippen LogP contribution in [0, 0.1) is 6.92 Å². The Balaban J connectivity index is 1.39. The molecule has 2 fully saturated rings. The van der Waals surface area contributed by atoms with Crippen LogP contribution in [0.4, 0.5) is 0 Å². The monoisotopic (exact) mass is 409 g/mol. The molecule has 0 radical (unpaired) electrons. The number of ether oxygens (including phenoxy) is 2. The van der Waals surface area contributed by atoms with Crippen molar-refractivity contribution in [3.63, 3.8) is 0 Å². The zero-order valence-electron chi connectivity index (χ0n) is 17.9. The number of nitrogens with zero attached hydrogens (tertiary/aromatic N) is 3. The average Bonchev–Trinajstić information content (AvgIpc) is 2.76. The van der Waals surface area contributed by atoms with Crippen molar-refractivity contribution < 1.29 is 14.3 Å². The van der Waals surface area contributed by atoms with Crippen molar-refractivity contribution in [3.8, 4) is 0 Å². The van der Waals surface area contributed by atoms with Gasteiger partial charge in [-0.15, -0.1) is 0 Å². The molecule has 6 nitrogen and oxygen atoms in total. The van der Waals surface area contributed by atoms with Gasteiger partial charge in [0.05, 0.1) is 19.3 Å². The number of β-lactam (4-membered cyclic amide) rings is 1. The van der Waals surface area contributed by atoms with E-state index >= 15 is 0 Å². The summed E-state index contributed by atoms with van der Waals surface area (Å²) in [4.78, 5) is 21.7. The molecule has 2 aliphatic rings. The largest absolute Gasteiger partial charge is 0.382 e. The van der Waals surface area contributed by atoms with E-state index in [0.717, 1.165) is 38.0 Å². The lowest BCUT2D eigenvalue weighted by Gasteiger charge is -2.52. The first kappa shape index (κ1) is 21.0. The van der Waals surface area contributed by atoms with Crippen molar-refractivity contribution in [1.29, 1.82) is 0 Å². The molecule has 1 aromatic heterocycles. The minimum atomic E-state index is -0.423. The van der Waals surface area contributed by atoms with Gasteiger partial charge in [-0.3, -0.25) is 14.7 Å². The Morgan fingerprint density at radius 1 is 1.10 bits per heavy atom. The van der Waals surface area contributed by atoms with Crippen LogP contribution in [0.2, 0.25) is 0 Å². The number of hydrogen-bond donors (Lipinski definition) is 0. The fourth-order valence-electron chi connectivity index (χ4n) is 4.63. The van der Waals surface area contributed by atoms with Gasteiger partial charge in [0.15, 0.2) is 6.10 Å². The molecule has 0 aliphatic carbocycles. The summed E-state index contributed by atoms with van der Waals surface area (Å²) in [5.74, 6) is 0.102. The second-order valence-corrected chi connectivity index (χ2v) is 8.25. The molecule has 2 saturated heterocycles. The Hall–Kier alpha value is -2.28. The van der Waals surface area contributed by atoms with Crippen molar-refractivity contribution >= 4 is 5.91 Å². The van der Waals surface area contributed by atoms with Crippen LogP contribution in [0.1, 0.15) is 35.6 Å². The van der Waals surface area contributed by atoms with E-state index < -0.39 is 6.10 Å².